The van der Waals surface area contributed by atoms with Crippen LogP contribution < -0.4 is 10.6 Å². The van der Waals surface area contributed by atoms with Gasteiger partial charge in [-0.05, 0) is 52.5 Å². The molecule has 1 amide bonds. The molecule has 2 N–H and O–H groups in total. The number of carbonyl (C=O) groups is 1. The van der Waals surface area contributed by atoms with E-state index in [1.165, 1.54) is 0 Å². The minimum Gasteiger partial charge on any atom is -0.326 e. The highest BCUT2D eigenvalue weighted by molar-refractivity contribution is 9.10. The van der Waals surface area contributed by atoms with Crippen LogP contribution >= 0.6 is 15.9 Å². The Labute approximate surface area is 132 Å². The molecular weight excluding hydrogens is 328 g/mol. The van der Waals surface area contributed by atoms with Crippen molar-refractivity contribution in [3.8, 4) is 0 Å². The highest BCUT2D eigenvalue weighted by Crippen LogP contribution is 2.30. The Bertz CT molecular complexity index is 699. The lowest BCUT2D eigenvalue weighted by molar-refractivity contribution is 0.0982. The molecule has 108 valence electrons. The lowest BCUT2D eigenvalue weighted by Gasteiger charge is -2.33. The number of aryl methyl sites for hydroxylation is 1. The number of rotatable bonds is 1. The predicted molar refractivity (Wildman–Crippen MR) is 88.7 cm³/mol. The number of halogens is 1. The van der Waals surface area contributed by atoms with Crippen molar-refractivity contribution in [1.82, 2.24) is 0 Å². The number of nitrogens with zero attached hydrogens (tertiary/aromatic N) is 1. The van der Waals surface area contributed by atoms with E-state index in [0.717, 1.165) is 27.7 Å². The summed E-state index contributed by atoms with van der Waals surface area (Å²) < 4.78 is 0.853. The molecule has 0 radical (unpaired) electrons. The third kappa shape index (κ3) is 2.61. The van der Waals surface area contributed by atoms with Crippen LogP contribution in [0.3, 0.4) is 0 Å². The number of amides is 1. The van der Waals surface area contributed by atoms with Crippen LogP contribution in [0, 0.1) is 6.92 Å². The first-order valence-corrected chi connectivity index (χ1v) is 7.77. The summed E-state index contributed by atoms with van der Waals surface area (Å²) in [6.07, 6.45) is 0.814. The van der Waals surface area contributed by atoms with E-state index in [9.17, 15) is 4.79 Å². The molecule has 0 saturated carbocycles. The van der Waals surface area contributed by atoms with E-state index >= 15 is 0 Å². The van der Waals surface area contributed by atoms with E-state index in [1.807, 2.05) is 49.4 Å². The lowest BCUT2D eigenvalue weighted by atomic mass is 9.97. The fraction of sp³-hybridized carbons (Fsp3) is 0.235. The van der Waals surface area contributed by atoms with Gasteiger partial charge in [-0.15, -0.1) is 0 Å². The molecule has 1 atom stereocenters. The molecule has 3 rings (SSSR count). The largest absolute Gasteiger partial charge is 0.326 e. The van der Waals surface area contributed by atoms with Gasteiger partial charge in [-0.3, -0.25) is 4.79 Å². The average molecular weight is 345 g/mol. The Balaban J connectivity index is 2.04. The van der Waals surface area contributed by atoms with E-state index in [4.69, 9.17) is 5.73 Å². The van der Waals surface area contributed by atoms with Gasteiger partial charge in [0.1, 0.15) is 0 Å². The first-order chi connectivity index (χ1) is 10.1. The van der Waals surface area contributed by atoms with E-state index in [2.05, 4.69) is 15.9 Å². The van der Waals surface area contributed by atoms with Crippen LogP contribution in [0.15, 0.2) is 46.9 Å². The second kappa shape index (κ2) is 5.62. The quantitative estimate of drug-likeness (QED) is 0.862. The van der Waals surface area contributed by atoms with Crippen molar-refractivity contribution in [2.75, 3.05) is 11.4 Å². The summed E-state index contributed by atoms with van der Waals surface area (Å²) in [6, 6.07) is 13.7. The lowest BCUT2D eigenvalue weighted by Crippen LogP contribution is -2.46. The van der Waals surface area contributed by atoms with Crippen LogP contribution in [-0.2, 0) is 6.42 Å². The van der Waals surface area contributed by atoms with Crippen LogP contribution in [0.4, 0.5) is 5.69 Å². The summed E-state index contributed by atoms with van der Waals surface area (Å²) in [4.78, 5) is 14.7. The number of para-hydroxylation sites is 1. The second-order valence-corrected chi connectivity index (χ2v) is 6.24. The molecular formula is C17H17BrN2O. The van der Waals surface area contributed by atoms with Crippen molar-refractivity contribution >= 4 is 27.5 Å². The van der Waals surface area contributed by atoms with Crippen LogP contribution in [0.2, 0.25) is 0 Å². The molecule has 0 fully saturated rings. The van der Waals surface area contributed by atoms with Crippen LogP contribution in [0.5, 0.6) is 0 Å². The summed E-state index contributed by atoms with van der Waals surface area (Å²) in [5.74, 6) is -0.00632. The highest BCUT2D eigenvalue weighted by Gasteiger charge is 2.28. The molecule has 3 nitrogen and oxygen atoms in total. The molecule has 0 aromatic heterocycles. The Hall–Kier alpha value is -1.65. The normalized spacial score (nSPS) is 17.5. The minimum atomic E-state index is -0.0209. The number of carbonyl (C=O) groups excluding carboxylic acids is 1. The zero-order valence-electron chi connectivity index (χ0n) is 11.8. The fourth-order valence-electron chi connectivity index (χ4n) is 2.78. The van der Waals surface area contributed by atoms with Gasteiger partial charge in [0.15, 0.2) is 0 Å². The number of nitrogens with two attached hydrogens (primary N) is 1. The van der Waals surface area contributed by atoms with Gasteiger partial charge < -0.3 is 10.6 Å². The Morgan fingerprint density at radius 1 is 1.24 bits per heavy atom. The predicted octanol–water partition coefficient (Wildman–Crippen LogP) is 3.29. The Kier molecular flexibility index (Phi) is 3.83. The molecule has 21 heavy (non-hydrogen) atoms. The summed E-state index contributed by atoms with van der Waals surface area (Å²) in [5, 5.41) is 0. The van der Waals surface area contributed by atoms with Gasteiger partial charge in [-0.1, -0.05) is 30.3 Å². The molecule has 0 spiro atoms. The summed E-state index contributed by atoms with van der Waals surface area (Å²) in [7, 11) is 0. The molecule has 1 aliphatic rings. The molecule has 1 unspecified atom stereocenters. The molecule has 2 aromatic carbocycles. The van der Waals surface area contributed by atoms with Gasteiger partial charge in [0.05, 0.1) is 5.56 Å². The van der Waals surface area contributed by atoms with Crippen molar-refractivity contribution in [2.45, 2.75) is 19.4 Å². The maximum absolute atomic E-state index is 12.9. The molecule has 0 aliphatic carbocycles. The fourth-order valence-corrected chi connectivity index (χ4v) is 3.21. The van der Waals surface area contributed by atoms with Crippen LogP contribution in [0.1, 0.15) is 21.5 Å². The Morgan fingerprint density at radius 2 is 2.00 bits per heavy atom. The van der Waals surface area contributed by atoms with Crippen molar-refractivity contribution in [3.05, 3.63) is 63.6 Å². The summed E-state index contributed by atoms with van der Waals surface area (Å²) >= 11 is 3.52. The third-order valence-corrected chi connectivity index (χ3v) is 4.90. The minimum absolute atomic E-state index is 0.00632. The average Bonchev–Trinajstić information content (AvgIpc) is 2.48. The number of benzene rings is 2. The molecule has 1 heterocycles. The van der Waals surface area contributed by atoms with Gasteiger partial charge >= 0.3 is 0 Å². The number of hydrogen-bond donors (Lipinski definition) is 1. The molecule has 0 saturated heterocycles. The van der Waals surface area contributed by atoms with Crippen molar-refractivity contribution < 1.29 is 4.79 Å². The van der Waals surface area contributed by atoms with E-state index in [0.29, 0.717) is 12.1 Å². The first kappa shape index (κ1) is 14.3. The maximum Gasteiger partial charge on any atom is 0.259 e. The maximum atomic E-state index is 12.9. The monoisotopic (exact) mass is 344 g/mol. The third-order valence-electron chi connectivity index (χ3n) is 3.85. The number of fused-ring (bicyclic) bond motifs is 1. The highest BCUT2D eigenvalue weighted by atomic mass is 79.9. The van der Waals surface area contributed by atoms with Gasteiger partial charge in [-0.2, -0.15) is 0 Å². The number of anilines is 1. The summed E-state index contributed by atoms with van der Waals surface area (Å²) in [6.45, 7) is 2.53. The topological polar surface area (TPSA) is 46.3 Å². The zero-order chi connectivity index (χ0) is 15.0. The van der Waals surface area contributed by atoms with Gasteiger partial charge in [-0.25, -0.2) is 0 Å². The summed E-state index contributed by atoms with van der Waals surface area (Å²) in [5.41, 5.74) is 9.95. The SMILES string of the molecule is Cc1cccc(C(=O)N2CC(N)Cc3ccccc32)c1Br. The van der Waals surface area contributed by atoms with Gasteiger partial charge in [0, 0.05) is 22.7 Å². The zero-order valence-corrected chi connectivity index (χ0v) is 13.4. The van der Waals surface area contributed by atoms with Gasteiger partial charge in [0.25, 0.3) is 5.91 Å². The van der Waals surface area contributed by atoms with Crippen molar-refractivity contribution in [3.63, 3.8) is 0 Å². The van der Waals surface area contributed by atoms with Crippen molar-refractivity contribution in [1.29, 1.82) is 0 Å². The van der Waals surface area contributed by atoms with E-state index < -0.39 is 0 Å². The van der Waals surface area contributed by atoms with Crippen LogP contribution in [0.25, 0.3) is 0 Å². The molecule has 4 heteroatoms. The van der Waals surface area contributed by atoms with Crippen molar-refractivity contribution in [2.24, 2.45) is 5.73 Å². The molecule has 1 aliphatic heterocycles. The standard InChI is InChI=1S/C17H17BrN2O/c1-11-5-4-7-14(16(11)18)17(21)20-10-13(19)9-12-6-2-3-8-15(12)20/h2-8,13H,9-10,19H2,1H3. The smallest absolute Gasteiger partial charge is 0.259 e. The molecule has 0 bridgehead atoms. The molecule has 2 aromatic rings. The Morgan fingerprint density at radius 3 is 2.81 bits per heavy atom. The number of hydrogen-bond acceptors (Lipinski definition) is 2. The van der Waals surface area contributed by atoms with E-state index in [1.54, 1.807) is 4.90 Å². The van der Waals surface area contributed by atoms with E-state index in [-0.39, 0.29) is 11.9 Å². The van der Waals surface area contributed by atoms with Crippen LogP contribution in [-0.4, -0.2) is 18.5 Å². The first-order valence-electron chi connectivity index (χ1n) is 6.98. The second-order valence-electron chi connectivity index (χ2n) is 5.45. The van der Waals surface area contributed by atoms with Gasteiger partial charge in [0.2, 0.25) is 0 Å².